The lowest BCUT2D eigenvalue weighted by atomic mass is 10.1. The predicted octanol–water partition coefficient (Wildman–Crippen LogP) is 4.47. The zero-order valence-electron chi connectivity index (χ0n) is 14.1. The van der Waals surface area contributed by atoms with Crippen molar-refractivity contribution in [1.29, 1.82) is 0 Å². The van der Waals surface area contributed by atoms with Crippen LogP contribution in [0.15, 0.2) is 36.4 Å². The molecule has 0 fully saturated rings. The van der Waals surface area contributed by atoms with Gasteiger partial charge in [0.1, 0.15) is 5.56 Å². The highest BCUT2D eigenvalue weighted by molar-refractivity contribution is 5.85. The van der Waals surface area contributed by atoms with Gasteiger partial charge in [-0.25, -0.2) is 0 Å². The van der Waals surface area contributed by atoms with Crippen LogP contribution in [0.1, 0.15) is 36.1 Å². The summed E-state index contributed by atoms with van der Waals surface area (Å²) in [6.45, 7) is 11.8. The average molecular weight is 292 g/mol. The van der Waals surface area contributed by atoms with Gasteiger partial charge in [0.2, 0.25) is 11.4 Å². The van der Waals surface area contributed by atoms with E-state index in [4.69, 9.17) is 0 Å². The lowest BCUT2D eigenvalue weighted by Gasteiger charge is -2.14. The zero-order valence-corrected chi connectivity index (χ0v) is 14.1. The number of rotatable bonds is 1. The number of para-hydroxylation sites is 1. The summed E-state index contributed by atoms with van der Waals surface area (Å²) in [4.78, 5) is 0. The maximum atomic E-state index is 2.39. The van der Waals surface area contributed by atoms with E-state index in [9.17, 15) is 0 Å². The standard InChI is InChI=1S/C20H24N2/c1-14(2)22-13-21(20-16(4)7-6-8-17(20)5)12-18-11-15(3)9-10-19(18)22/h6-12H,13H2,1-5H3/q+2. The van der Waals surface area contributed by atoms with Gasteiger partial charge in [0, 0.05) is 31.0 Å². The molecule has 2 nitrogen and oxygen atoms in total. The predicted molar refractivity (Wildman–Crippen MR) is 93.3 cm³/mol. The molecule has 2 aromatic rings. The van der Waals surface area contributed by atoms with E-state index in [1.165, 1.54) is 39.3 Å². The molecule has 0 N–H and O–H groups in total. The third-order valence-electron chi connectivity index (χ3n) is 4.33. The maximum Gasteiger partial charge on any atom is 0.344 e. The van der Waals surface area contributed by atoms with Crippen LogP contribution in [0.4, 0.5) is 11.4 Å². The molecule has 0 aromatic heterocycles. The Morgan fingerprint density at radius 1 is 0.955 bits per heavy atom. The van der Waals surface area contributed by atoms with Gasteiger partial charge in [0.25, 0.3) is 0 Å². The fraction of sp³-hybridized carbons (Fsp3) is 0.300. The second-order valence-corrected chi connectivity index (χ2v) is 6.42. The van der Waals surface area contributed by atoms with Crippen LogP contribution in [-0.4, -0.2) is 27.7 Å². The summed E-state index contributed by atoms with van der Waals surface area (Å²) in [5, 5.41) is 0. The largest absolute Gasteiger partial charge is 0.344 e. The van der Waals surface area contributed by atoms with Crippen molar-refractivity contribution in [2.24, 2.45) is 0 Å². The van der Waals surface area contributed by atoms with Crippen LogP contribution in [0.5, 0.6) is 0 Å². The molecule has 0 atom stereocenters. The second kappa shape index (κ2) is 5.53. The van der Waals surface area contributed by atoms with Crippen molar-refractivity contribution in [2.75, 3.05) is 6.67 Å². The van der Waals surface area contributed by atoms with Crippen molar-refractivity contribution < 1.29 is 9.15 Å². The Balaban J connectivity index is 2.25. The molecule has 0 amide bonds. The molecule has 2 heteroatoms. The van der Waals surface area contributed by atoms with E-state index in [1.807, 2.05) is 0 Å². The minimum Gasteiger partial charge on any atom is -0.141 e. The van der Waals surface area contributed by atoms with Crippen molar-refractivity contribution in [3.05, 3.63) is 58.7 Å². The fourth-order valence-electron chi connectivity index (χ4n) is 3.24. The van der Waals surface area contributed by atoms with Gasteiger partial charge in [0.15, 0.2) is 11.9 Å². The van der Waals surface area contributed by atoms with Gasteiger partial charge < -0.3 is 0 Å². The van der Waals surface area contributed by atoms with Crippen LogP contribution in [0.3, 0.4) is 0 Å². The highest BCUT2D eigenvalue weighted by Crippen LogP contribution is 2.28. The minimum absolute atomic E-state index is 0.865. The van der Waals surface area contributed by atoms with E-state index in [-0.39, 0.29) is 0 Å². The summed E-state index contributed by atoms with van der Waals surface area (Å²) in [6, 6.07) is 13.2. The Labute approximate surface area is 133 Å². The van der Waals surface area contributed by atoms with Crippen molar-refractivity contribution in [3.8, 4) is 0 Å². The molecule has 0 saturated heterocycles. The first-order valence-corrected chi connectivity index (χ1v) is 7.83. The molecule has 1 heterocycles. The SMILES string of the molecule is CC(C)=[N+]1C[N+](c2c(C)cccc2C)=Cc2cc(C)ccc21. The molecule has 3 rings (SSSR count). The Morgan fingerprint density at radius 3 is 2.27 bits per heavy atom. The van der Waals surface area contributed by atoms with Crippen LogP contribution in [0.2, 0.25) is 0 Å². The van der Waals surface area contributed by atoms with E-state index >= 15 is 0 Å². The summed E-state index contributed by atoms with van der Waals surface area (Å²) in [7, 11) is 0. The molecule has 1 aliphatic heterocycles. The lowest BCUT2D eigenvalue weighted by molar-refractivity contribution is -0.656. The first kappa shape index (κ1) is 14.7. The smallest absolute Gasteiger partial charge is 0.141 e. The Morgan fingerprint density at radius 2 is 1.64 bits per heavy atom. The van der Waals surface area contributed by atoms with Gasteiger partial charge in [-0.1, -0.05) is 24.3 Å². The van der Waals surface area contributed by atoms with Crippen molar-refractivity contribution in [1.82, 2.24) is 0 Å². The minimum atomic E-state index is 0.865. The van der Waals surface area contributed by atoms with Crippen molar-refractivity contribution >= 4 is 23.3 Å². The molecule has 0 bridgehead atoms. The molecular weight excluding hydrogens is 268 g/mol. The first-order chi connectivity index (χ1) is 10.5. The highest BCUT2D eigenvalue weighted by atomic mass is 15.2. The molecule has 2 aromatic carbocycles. The fourth-order valence-corrected chi connectivity index (χ4v) is 3.24. The number of hydrogen-bond donors (Lipinski definition) is 0. The molecule has 1 aliphatic rings. The molecule has 0 aliphatic carbocycles. The monoisotopic (exact) mass is 292 g/mol. The molecule has 112 valence electrons. The summed E-state index contributed by atoms with van der Waals surface area (Å²) in [5.74, 6) is 0. The molecule has 0 radical (unpaired) electrons. The van der Waals surface area contributed by atoms with E-state index in [0.29, 0.717) is 0 Å². The number of aryl methyl sites for hydroxylation is 3. The third-order valence-corrected chi connectivity index (χ3v) is 4.33. The van der Waals surface area contributed by atoms with Gasteiger partial charge in [-0.15, -0.1) is 9.15 Å². The summed E-state index contributed by atoms with van der Waals surface area (Å²) < 4.78 is 4.76. The van der Waals surface area contributed by atoms with Crippen molar-refractivity contribution in [3.63, 3.8) is 0 Å². The quantitative estimate of drug-likeness (QED) is 0.684. The Kier molecular flexibility index (Phi) is 3.69. The van der Waals surface area contributed by atoms with Gasteiger partial charge in [-0.2, -0.15) is 0 Å². The zero-order chi connectivity index (χ0) is 15.9. The van der Waals surface area contributed by atoms with Crippen LogP contribution in [0, 0.1) is 20.8 Å². The third kappa shape index (κ3) is 2.50. The van der Waals surface area contributed by atoms with E-state index in [0.717, 1.165) is 6.67 Å². The first-order valence-electron chi connectivity index (χ1n) is 7.83. The lowest BCUT2D eigenvalue weighted by Crippen LogP contribution is -2.28. The molecule has 0 unspecified atom stereocenters. The van der Waals surface area contributed by atoms with Gasteiger partial charge in [0.05, 0.1) is 0 Å². The van der Waals surface area contributed by atoms with E-state index in [1.54, 1.807) is 0 Å². The average Bonchev–Trinajstić information content (AvgIpc) is 2.45. The highest BCUT2D eigenvalue weighted by Gasteiger charge is 2.30. The topological polar surface area (TPSA) is 6.02 Å². The number of nitrogens with zero attached hydrogens (tertiary/aromatic N) is 2. The Bertz CT molecular complexity index is 786. The molecule has 0 spiro atoms. The van der Waals surface area contributed by atoms with Crippen LogP contribution in [-0.2, 0) is 0 Å². The second-order valence-electron chi connectivity index (χ2n) is 6.42. The van der Waals surface area contributed by atoms with Gasteiger partial charge >= 0.3 is 6.67 Å². The van der Waals surface area contributed by atoms with E-state index < -0.39 is 0 Å². The number of benzene rings is 2. The van der Waals surface area contributed by atoms with Crippen LogP contribution < -0.4 is 0 Å². The normalized spacial score (nSPS) is 13.7. The van der Waals surface area contributed by atoms with Crippen LogP contribution >= 0.6 is 0 Å². The molecule has 22 heavy (non-hydrogen) atoms. The number of hydrogen-bond acceptors (Lipinski definition) is 0. The number of fused-ring (bicyclic) bond motifs is 1. The van der Waals surface area contributed by atoms with E-state index in [2.05, 4.69) is 86.4 Å². The van der Waals surface area contributed by atoms with Gasteiger partial charge in [-0.05, 0) is 32.4 Å². The van der Waals surface area contributed by atoms with Gasteiger partial charge in [-0.3, -0.25) is 0 Å². The van der Waals surface area contributed by atoms with Crippen LogP contribution in [0.25, 0.3) is 0 Å². The molecule has 0 saturated carbocycles. The summed E-state index contributed by atoms with van der Waals surface area (Å²) in [6.07, 6.45) is 2.29. The molecular formula is C20H24N2+2. The maximum absolute atomic E-state index is 2.39. The van der Waals surface area contributed by atoms with Crippen molar-refractivity contribution in [2.45, 2.75) is 34.6 Å². The Hall–Kier alpha value is -2.22. The summed E-state index contributed by atoms with van der Waals surface area (Å²) >= 11 is 0. The summed E-state index contributed by atoms with van der Waals surface area (Å²) in [5.41, 5.74) is 9.16.